The van der Waals surface area contributed by atoms with Crippen LogP contribution in [0.15, 0.2) is 38.1 Å². The Hall–Kier alpha value is -2.22. The largest absolute Gasteiger partial charge is 0.497 e. The fourth-order valence-corrected chi connectivity index (χ4v) is 3.86. The molecule has 7 heteroatoms. The summed E-state index contributed by atoms with van der Waals surface area (Å²) in [6.45, 7) is 0. The van der Waals surface area contributed by atoms with Crippen LogP contribution in [0.5, 0.6) is 5.75 Å². The number of aromatic nitrogens is 2. The number of benzene rings is 1. The van der Waals surface area contributed by atoms with Gasteiger partial charge in [0, 0.05) is 6.07 Å². The van der Waals surface area contributed by atoms with Crippen LogP contribution in [0.3, 0.4) is 0 Å². The summed E-state index contributed by atoms with van der Waals surface area (Å²) in [6.07, 6.45) is 0. The van der Waals surface area contributed by atoms with E-state index in [1.807, 2.05) is 30.3 Å². The molecule has 0 bridgehead atoms. The topological polar surface area (TPSA) is 82.6 Å². The average molecular weight is 298 g/mol. The van der Waals surface area contributed by atoms with Crippen molar-refractivity contribution < 1.29 is 4.74 Å². The van der Waals surface area contributed by atoms with Crippen LogP contribution in [0.2, 0.25) is 0 Å². The van der Waals surface area contributed by atoms with E-state index in [0.717, 1.165) is 16.1 Å². The molecule has 20 heavy (non-hydrogen) atoms. The standard InChI is InChI=1S/C13H6N4OS2/c1-18-8-2-3-9-10(4-8)17-12-11(16-9)19-13(20-12)7(5-14)6-15/h2-4H,1H3. The van der Waals surface area contributed by atoms with E-state index in [1.165, 1.54) is 23.5 Å². The summed E-state index contributed by atoms with van der Waals surface area (Å²) in [5, 5.41) is 19.3. The van der Waals surface area contributed by atoms with Gasteiger partial charge in [-0.25, -0.2) is 9.97 Å². The van der Waals surface area contributed by atoms with E-state index in [-0.39, 0.29) is 5.57 Å². The van der Waals surface area contributed by atoms with Gasteiger partial charge in [0.1, 0.15) is 33.5 Å². The molecule has 3 rings (SSSR count). The summed E-state index contributed by atoms with van der Waals surface area (Å²) in [6, 6.07) is 9.25. The SMILES string of the molecule is COc1ccc2nc3c(nc2c1)SC(=C(C#N)C#N)S3. The highest BCUT2D eigenvalue weighted by atomic mass is 32.2. The van der Waals surface area contributed by atoms with Crippen molar-refractivity contribution in [1.29, 1.82) is 10.5 Å². The van der Waals surface area contributed by atoms with Crippen LogP contribution in [0.25, 0.3) is 11.0 Å². The molecule has 2 aromatic rings. The van der Waals surface area contributed by atoms with Crippen molar-refractivity contribution in [3.63, 3.8) is 0 Å². The first-order chi connectivity index (χ1) is 9.75. The lowest BCUT2D eigenvalue weighted by Gasteiger charge is -2.02. The van der Waals surface area contributed by atoms with E-state index < -0.39 is 0 Å². The van der Waals surface area contributed by atoms with Crippen molar-refractivity contribution in [3.8, 4) is 17.9 Å². The molecule has 1 aliphatic heterocycles. The lowest BCUT2D eigenvalue weighted by atomic mass is 10.3. The summed E-state index contributed by atoms with van der Waals surface area (Å²) >= 11 is 2.62. The first kappa shape index (κ1) is 12.8. The van der Waals surface area contributed by atoms with E-state index >= 15 is 0 Å². The number of methoxy groups -OCH3 is 1. The molecule has 0 radical (unpaired) electrons. The monoisotopic (exact) mass is 298 g/mol. The van der Waals surface area contributed by atoms with E-state index in [4.69, 9.17) is 15.3 Å². The van der Waals surface area contributed by atoms with Gasteiger partial charge in [-0.1, -0.05) is 23.5 Å². The number of hydrogen-bond donors (Lipinski definition) is 0. The van der Waals surface area contributed by atoms with Gasteiger partial charge in [-0.05, 0) is 12.1 Å². The Bertz CT molecular complexity index is 817. The quantitative estimate of drug-likeness (QED) is 0.748. The molecular formula is C13H6N4OS2. The number of allylic oxidation sites excluding steroid dienone is 1. The fourth-order valence-electron chi connectivity index (χ4n) is 1.68. The maximum Gasteiger partial charge on any atom is 0.150 e. The molecule has 0 unspecified atom stereocenters. The maximum absolute atomic E-state index is 8.91. The Morgan fingerprint density at radius 3 is 2.35 bits per heavy atom. The molecule has 0 fully saturated rings. The Kier molecular flexibility index (Phi) is 3.23. The Morgan fingerprint density at radius 2 is 1.75 bits per heavy atom. The minimum Gasteiger partial charge on any atom is -0.497 e. The van der Waals surface area contributed by atoms with Crippen LogP contribution in [0.4, 0.5) is 0 Å². The number of ether oxygens (including phenoxy) is 1. The van der Waals surface area contributed by atoms with Crippen molar-refractivity contribution in [2.75, 3.05) is 7.11 Å². The molecule has 1 aromatic carbocycles. The van der Waals surface area contributed by atoms with Crippen LogP contribution in [-0.4, -0.2) is 17.1 Å². The number of rotatable bonds is 1. The first-order valence-electron chi connectivity index (χ1n) is 5.51. The Balaban J connectivity index is 2.12. The first-order valence-corrected chi connectivity index (χ1v) is 7.14. The van der Waals surface area contributed by atoms with E-state index in [1.54, 1.807) is 7.11 Å². The molecular weight excluding hydrogens is 292 g/mol. The predicted octanol–water partition coefficient (Wildman–Crippen LogP) is 3.09. The van der Waals surface area contributed by atoms with E-state index in [2.05, 4.69) is 9.97 Å². The molecule has 0 aliphatic carbocycles. The molecule has 0 amide bonds. The maximum atomic E-state index is 8.91. The second-order valence-electron chi connectivity index (χ2n) is 3.78. The van der Waals surface area contributed by atoms with Crippen LogP contribution in [0, 0.1) is 22.7 Å². The third-order valence-electron chi connectivity index (χ3n) is 2.62. The molecule has 0 spiro atoms. The normalized spacial score (nSPS) is 12.7. The van der Waals surface area contributed by atoms with Crippen LogP contribution in [0.1, 0.15) is 0 Å². The number of nitriles is 2. The van der Waals surface area contributed by atoms with Crippen molar-refractivity contribution >= 4 is 34.6 Å². The highest BCUT2D eigenvalue weighted by Crippen LogP contribution is 2.50. The van der Waals surface area contributed by atoms with Crippen molar-refractivity contribution in [3.05, 3.63) is 28.0 Å². The summed E-state index contributed by atoms with van der Waals surface area (Å²) < 4.78 is 5.79. The lowest BCUT2D eigenvalue weighted by molar-refractivity contribution is 0.415. The van der Waals surface area contributed by atoms with Gasteiger partial charge in [0.2, 0.25) is 0 Å². The van der Waals surface area contributed by atoms with Gasteiger partial charge in [0.25, 0.3) is 0 Å². The summed E-state index contributed by atoms with van der Waals surface area (Å²) in [7, 11) is 1.60. The number of thioether (sulfide) groups is 2. The summed E-state index contributed by atoms with van der Waals surface area (Å²) in [5.41, 5.74) is 1.59. The van der Waals surface area contributed by atoms with E-state index in [0.29, 0.717) is 15.0 Å². The highest BCUT2D eigenvalue weighted by Gasteiger charge is 2.24. The molecule has 2 heterocycles. The molecule has 0 saturated carbocycles. The second kappa shape index (κ2) is 5.04. The zero-order valence-corrected chi connectivity index (χ0v) is 11.9. The van der Waals surface area contributed by atoms with Gasteiger partial charge in [-0.3, -0.25) is 0 Å². The smallest absolute Gasteiger partial charge is 0.150 e. The Labute approximate surface area is 123 Å². The molecule has 1 aliphatic rings. The third-order valence-corrected chi connectivity index (χ3v) is 4.98. The van der Waals surface area contributed by atoms with Gasteiger partial charge in [0.05, 0.1) is 22.4 Å². The van der Waals surface area contributed by atoms with E-state index in [9.17, 15) is 0 Å². The zero-order chi connectivity index (χ0) is 14.1. The predicted molar refractivity (Wildman–Crippen MR) is 76.1 cm³/mol. The minimum atomic E-state index is 0.0986. The minimum absolute atomic E-state index is 0.0986. The zero-order valence-electron chi connectivity index (χ0n) is 10.2. The van der Waals surface area contributed by atoms with Gasteiger partial charge >= 0.3 is 0 Å². The molecule has 0 saturated heterocycles. The van der Waals surface area contributed by atoms with Crippen molar-refractivity contribution in [2.45, 2.75) is 10.1 Å². The van der Waals surface area contributed by atoms with Crippen LogP contribution >= 0.6 is 23.5 Å². The van der Waals surface area contributed by atoms with Crippen LogP contribution in [-0.2, 0) is 0 Å². The molecule has 0 N–H and O–H groups in total. The molecule has 5 nitrogen and oxygen atoms in total. The molecule has 0 atom stereocenters. The van der Waals surface area contributed by atoms with Crippen molar-refractivity contribution in [1.82, 2.24) is 9.97 Å². The number of nitrogens with zero attached hydrogens (tertiary/aromatic N) is 4. The molecule has 1 aromatic heterocycles. The van der Waals surface area contributed by atoms with Crippen molar-refractivity contribution in [2.24, 2.45) is 0 Å². The lowest BCUT2D eigenvalue weighted by Crippen LogP contribution is -1.89. The third kappa shape index (κ3) is 2.07. The number of fused-ring (bicyclic) bond motifs is 2. The van der Waals surface area contributed by atoms with Crippen LogP contribution < -0.4 is 4.74 Å². The number of hydrogen-bond acceptors (Lipinski definition) is 7. The Morgan fingerprint density at radius 1 is 1.10 bits per heavy atom. The molecule has 96 valence electrons. The van der Waals surface area contributed by atoms with Gasteiger partial charge in [0.15, 0.2) is 0 Å². The van der Waals surface area contributed by atoms with Gasteiger partial charge < -0.3 is 4.74 Å². The van der Waals surface area contributed by atoms with Gasteiger partial charge in [-0.15, -0.1) is 0 Å². The highest BCUT2D eigenvalue weighted by molar-refractivity contribution is 8.24. The second-order valence-corrected chi connectivity index (χ2v) is 6.04. The summed E-state index contributed by atoms with van der Waals surface area (Å²) in [5.74, 6) is 0.716. The summed E-state index contributed by atoms with van der Waals surface area (Å²) in [4.78, 5) is 9.02. The average Bonchev–Trinajstić information content (AvgIpc) is 2.87. The van der Waals surface area contributed by atoms with Gasteiger partial charge in [-0.2, -0.15) is 10.5 Å². The fraction of sp³-hybridized carbons (Fsp3) is 0.0769.